The Morgan fingerprint density at radius 1 is 1.13 bits per heavy atom. The smallest absolute Gasteiger partial charge is 0.350 e. The van der Waals surface area contributed by atoms with Gasteiger partial charge in [-0.05, 0) is 48.0 Å². The van der Waals surface area contributed by atoms with Crippen LogP contribution in [-0.2, 0) is 11.2 Å². The van der Waals surface area contributed by atoms with Crippen LogP contribution in [0, 0.1) is 6.92 Å². The molecule has 0 spiro atoms. The van der Waals surface area contributed by atoms with Gasteiger partial charge < -0.3 is 24.1 Å². The maximum absolute atomic E-state index is 12.8. The predicted molar refractivity (Wildman–Crippen MR) is 139 cm³/mol. The van der Waals surface area contributed by atoms with Crippen LogP contribution in [0.5, 0.6) is 11.5 Å². The van der Waals surface area contributed by atoms with Gasteiger partial charge in [0.05, 0.1) is 14.2 Å². The van der Waals surface area contributed by atoms with Crippen LogP contribution in [0.25, 0.3) is 17.3 Å². The van der Waals surface area contributed by atoms with Gasteiger partial charge in [0.15, 0.2) is 17.3 Å². The molecular weight excluding hydrogens is 504 g/mol. The van der Waals surface area contributed by atoms with Gasteiger partial charge in [-0.25, -0.2) is 14.8 Å². The van der Waals surface area contributed by atoms with Crippen LogP contribution in [0.3, 0.4) is 0 Å². The van der Waals surface area contributed by atoms with Crippen LogP contribution in [0.4, 0.5) is 5.69 Å². The molecule has 5 aromatic rings. The topological polar surface area (TPSA) is 163 Å². The summed E-state index contributed by atoms with van der Waals surface area (Å²) in [4.78, 5) is 39.6. The molecule has 5 rings (SSSR count). The highest BCUT2D eigenvalue weighted by molar-refractivity contribution is 5.63. The number of aryl methyl sites for hydroxylation is 1. The minimum atomic E-state index is -0.675. The van der Waals surface area contributed by atoms with Crippen LogP contribution in [-0.4, -0.2) is 55.4 Å². The zero-order valence-corrected chi connectivity index (χ0v) is 21.3. The summed E-state index contributed by atoms with van der Waals surface area (Å²) in [6.07, 6.45) is 3.92. The molecule has 3 aromatic heterocycles. The van der Waals surface area contributed by atoms with E-state index in [-0.39, 0.29) is 18.2 Å². The van der Waals surface area contributed by atoms with Gasteiger partial charge in [-0.1, -0.05) is 5.16 Å². The Morgan fingerprint density at radius 2 is 1.90 bits per heavy atom. The van der Waals surface area contributed by atoms with Crippen molar-refractivity contribution < 1.29 is 18.8 Å². The summed E-state index contributed by atoms with van der Waals surface area (Å²) in [6.45, 7) is 1.72. The lowest BCUT2D eigenvalue weighted by Gasteiger charge is -2.21. The molecule has 2 N–H and O–H groups in total. The number of rotatable bonds is 10. The molecule has 0 aliphatic rings. The summed E-state index contributed by atoms with van der Waals surface area (Å²) in [6, 6.07) is 11.9. The van der Waals surface area contributed by atoms with Gasteiger partial charge in [0, 0.05) is 42.6 Å². The van der Waals surface area contributed by atoms with E-state index in [9.17, 15) is 9.59 Å². The highest BCUT2D eigenvalue weighted by Crippen LogP contribution is 2.37. The van der Waals surface area contributed by atoms with Gasteiger partial charge in [-0.3, -0.25) is 4.98 Å². The van der Waals surface area contributed by atoms with Gasteiger partial charge in [0.1, 0.15) is 12.3 Å². The maximum Gasteiger partial charge on any atom is 0.350 e. The number of hydrogen-bond donors (Lipinski definition) is 2. The molecule has 1 unspecified atom stereocenters. The van der Waals surface area contributed by atoms with E-state index in [0.717, 1.165) is 16.5 Å². The van der Waals surface area contributed by atoms with Gasteiger partial charge in [-0.2, -0.15) is 4.98 Å². The number of nitrogens with one attached hydrogen (secondary N) is 2. The lowest BCUT2D eigenvalue weighted by atomic mass is 9.99. The van der Waals surface area contributed by atoms with E-state index in [1.165, 1.54) is 26.6 Å². The third-order valence-electron chi connectivity index (χ3n) is 5.85. The Hall–Kier alpha value is -5.33. The van der Waals surface area contributed by atoms with Crippen LogP contribution in [0.1, 0.15) is 28.9 Å². The van der Waals surface area contributed by atoms with Crippen LogP contribution in [0.15, 0.2) is 64.2 Å². The number of anilines is 1. The zero-order chi connectivity index (χ0) is 27.4. The molecule has 0 fully saturated rings. The van der Waals surface area contributed by atoms with Gasteiger partial charge >= 0.3 is 5.69 Å². The van der Waals surface area contributed by atoms with Gasteiger partial charge in [-0.15, -0.1) is 9.78 Å². The number of aromatic amines is 1. The Morgan fingerprint density at radius 3 is 2.54 bits per heavy atom. The average Bonchev–Trinajstić information content (AvgIpc) is 3.57. The molecule has 13 heteroatoms. The lowest BCUT2D eigenvalue weighted by molar-refractivity contribution is -0.107. The highest BCUT2D eigenvalue weighted by Gasteiger charge is 2.24. The van der Waals surface area contributed by atoms with Crippen LogP contribution in [0.2, 0.25) is 0 Å². The molecular formula is C26H24N8O5. The largest absolute Gasteiger partial charge is 0.493 e. The number of ether oxygens (including phenoxy) is 2. The molecule has 0 amide bonds. The van der Waals surface area contributed by atoms with E-state index in [1.54, 1.807) is 25.1 Å². The molecule has 2 aromatic carbocycles. The molecule has 1 atom stereocenters. The first kappa shape index (κ1) is 25.3. The summed E-state index contributed by atoms with van der Waals surface area (Å²) in [5, 5.41) is 11.8. The maximum atomic E-state index is 12.8. The van der Waals surface area contributed by atoms with Crippen molar-refractivity contribution in [3.63, 3.8) is 0 Å². The highest BCUT2D eigenvalue weighted by atomic mass is 16.5. The molecule has 0 saturated heterocycles. The normalized spacial score (nSPS) is 11.7. The van der Waals surface area contributed by atoms with Gasteiger partial charge in [0.25, 0.3) is 5.95 Å². The van der Waals surface area contributed by atoms with Crippen LogP contribution >= 0.6 is 0 Å². The molecule has 3 heterocycles. The first-order valence-corrected chi connectivity index (χ1v) is 11.8. The number of nitrogens with zero attached hydrogens (tertiary/aromatic N) is 6. The van der Waals surface area contributed by atoms with E-state index in [0.29, 0.717) is 40.0 Å². The van der Waals surface area contributed by atoms with Crippen LogP contribution < -0.4 is 20.5 Å². The Kier molecular flexibility index (Phi) is 7.12. The molecule has 0 radical (unpaired) electrons. The van der Waals surface area contributed by atoms with E-state index in [1.807, 2.05) is 24.3 Å². The summed E-state index contributed by atoms with van der Waals surface area (Å²) < 4.78 is 17.2. The molecule has 39 heavy (non-hydrogen) atoms. The van der Waals surface area contributed by atoms with Gasteiger partial charge in [0.2, 0.25) is 11.7 Å². The number of methoxy groups -OCH3 is 2. The van der Waals surface area contributed by atoms with Crippen molar-refractivity contribution >= 4 is 12.0 Å². The number of carbonyl (C=O) groups is 1. The fourth-order valence-corrected chi connectivity index (χ4v) is 4.09. The third-order valence-corrected chi connectivity index (χ3v) is 5.85. The molecule has 198 valence electrons. The van der Waals surface area contributed by atoms with Crippen molar-refractivity contribution in [3.8, 4) is 28.8 Å². The minimum absolute atomic E-state index is 0.0989. The molecule has 0 aliphatic carbocycles. The fraction of sp³-hybridized carbons (Fsp3) is 0.192. The average molecular weight is 529 g/mol. The fourth-order valence-electron chi connectivity index (χ4n) is 4.09. The van der Waals surface area contributed by atoms with E-state index >= 15 is 0 Å². The monoisotopic (exact) mass is 528 g/mol. The Bertz CT molecular complexity index is 1640. The molecule has 0 saturated carbocycles. The molecule has 0 aliphatic heterocycles. The first-order valence-electron chi connectivity index (χ1n) is 11.8. The first-order chi connectivity index (χ1) is 19.0. The van der Waals surface area contributed by atoms with Crippen molar-refractivity contribution in [3.05, 3.63) is 88.2 Å². The second kappa shape index (κ2) is 11.0. The van der Waals surface area contributed by atoms with Crippen molar-refractivity contribution in [1.29, 1.82) is 0 Å². The second-order valence-corrected chi connectivity index (χ2v) is 8.35. The summed E-state index contributed by atoms with van der Waals surface area (Å²) in [7, 11) is 3.02. The summed E-state index contributed by atoms with van der Waals surface area (Å²) >= 11 is 0. The third kappa shape index (κ3) is 5.23. The van der Waals surface area contributed by atoms with Crippen molar-refractivity contribution in [2.24, 2.45) is 0 Å². The second-order valence-electron chi connectivity index (χ2n) is 8.35. The molecule has 0 bridgehead atoms. The summed E-state index contributed by atoms with van der Waals surface area (Å²) in [5.74, 6) is 2.22. The van der Waals surface area contributed by atoms with E-state index in [2.05, 4.69) is 35.5 Å². The zero-order valence-electron chi connectivity index (χ0n) is 21.3. The SMILES string of the molecule is COc1cc(C(Nc2ccc(-c3noc(C)n3)cc2)c2nn(-c3ncccn3)c(=O)[nH]2)cc(CC=O)c1OC. The standard InChI is InChI=1S/C26H24N8O5/c1-15-29-23(33-39-15)16-5-7-19(8-6-16)30-21(18-13-17(9-12-35)22(38-3)20(14-18)37-2)24-31-26(36)34(32-24)25-27-10-4-11-28-25/h4-8,10-14,21,30H,9H2,1-3H3,(H,31,32,36). The van der Waals surface area contributed by atoms with E-state index < -0.39 is 11.7 Å². The number of aldehydes is 1. The van der Waals surface area contributed by atoms with Crippen molar-refractivity contribution in [2.75, 3.05) is 19.5 Å². The lowest BCUT2D eigenvalue weighted by Crippen LogP contribution is -2.18. The summed E-state index contributed by atoms with van der Waals surface area (Å²) in [5.41, 5.74) is 2.25. The Labute approximate surface area is 221 Å². The number of carbonyl (C=O) groups excluding carboxylic acids is 1. The number of benzene rings is 2. The number of aromatic nitrogens is 7. The number of H-pyrrole nitrogens is 1. The van der Waals surface area contributed by atoms with Crippen molar-refractivity contribution in [1.82, 2.24) is 34.9 Å². The quantitative estimate of drug-likeness (QED) is 0.256. The Balaban J connectivity index is 1.59. The number of hydrogen-bond acceptors (Lipinski definition) is 11. The van der Waals surface area contributed by atoms with Crippen molar-refractivity contribution in [2.45, 2.75) is 19.4 Å². The predicted octanol–water partition coefficient (Wildman–Crippen LogP) is 2.67. The minimum Gasteiger partial charge on any atom is -0.493 e. The van der Waals surface area contributed by atoms with E-state index in [4.69, 9.17) is 14.0 Å². The molecule has 13 nitrogen and oxygen atoms in total.